The summed E-state index contributed by atoms with van der Waals surface area (Å²) in [7, 11) is 0. The molecule has 0 radical (unpaired) electrons. The molecule has 0 spiro atoms. The number of nitrogens with one attached hydrogen (secondary N) is 1. The Morgan fingerprint density at radius 2 is 1.67 bits per heavy atom. The second-order valence-electron chi connectivity index (χ2n) is 4.15. The molecule has 2 aromatic carbocycles. The highest BCUT2D eigenvalue weighted by Crippen LogP contribution is 2.17. The lowest BCUT2D eigenvalue weighted by molar-refractivity contribution is 0.171. The van der Waals surface area contributed by atoms with Crippen molar-refractivity contribution in [2.75, 3.05) is 11.9 Å². The highest BCUT2D eigenvalue weighted by Gasteiger charge is 2.06. The lowest BCUT2D eigenvalue weighted by Gasteiger charge is -2.12. The maximum absolute atomic E-state index is 12.7. The number of aliphatic hydroxyl groups excluding tert-OH is 1. The summed E-state index contributed by atoms with van der Waals surface area (Å²) in [4.78, 5) is 0. The fourth-order valence-electron chi connectivity index (χ4n) is 1.76. The zero-order chi connectivity index (χ0) is 12.8. The Balaban J connectivity index is 1.81. The second kappa shape index (κ2) is 6.17. The van der Waals surface area contributed by atoms with Crippen molar-refractivity contribution in [1.29, 1.82) is 0 Å². The molecule has 0 aliphatic rings. The number of anilines is 1. The Morgan fingerprint density at radius 3 is 2.33 bits per heavy atom. The monoisotopic (exact) mass is 245 g/mol. The van der Waals surface area contributed by atoms with Crippen LogP contribution in [0.25, 0.3) is 0 Å². The van der Waals surface area contributed by atoms with E-state index in [2.05, 4.69) is 5.32 Å². The third kappa shape index (κ3) is 3.57. The molecule has 0 aliphatic heterocycles. The molecule has 0 saturated carbocycles. The van der Waals surface area contributed by atoms with Crippen LogP contribution in [-0.4, -0.2) is 11.7 Å². The molecule has 0 fully saturated rings. The van der Waals surface area contributed by atoms with Crippen LogP contribution in [0.3, 0.4) is 0 Å². The van der Waals surface area contributed by atoms with E-state index in [1.54, 1.807) is 12.1 Å². The van der Waals surface area contributed by atoms with E-state index in [0.717, 1.165) is 11.3 Å². The standard InChI is InChI=1S/C15H16FNO/c16-13-8-6-12(7-9-13)15(18)10-11-17-14-4-2-1-3-5-14/h1-9,15,17-18H,10-11H2. The van der Waals surface area contributed by atoms with Crippen LogP contribution >= 0.6 is 0 Å². The summed E-state index contributed by atoms with van der Waals surface area (Å²) in [6.45, 7) is 0.669. The third-order valence-corrected chi connectivity index (χ3v) is 2.78. The Morgan fingerprint density at radius 1 is 1.00 bits per heavy atom. The minimum absolute atomic E-state index is 0.284. The number of benzene rings is 2. The predicted molar refractivity (Wildman–Crippen MR) is 70.9 cm³/mol. The van der Waals surface area contributed by atoms with Crippen LogP contribution < -0.4 is 5.32 Å². The molecular weight excluding hydrogens is 229 g/mol. The lowest BCUT2D eigenvalue weighted by atomic mass is 10.1. The van der Waals surface area contributed by atoms with Gasteiger partial charge < -0.3 is 10.4 Å². The maximum Gasteiger partial charge on any atom is 0.123 e. The average molecular weight is 245 g/mol. The van der Waals surface area contributed by atoms with Gasteiger partial charge in [0.05, 0.1) is 6.10 Å². The Bertz CT molecular complexity index is 470. The molecule has 0 aromatic heterocycles. The fourth-order valence-corrected chi connectivity index (χ4v) is 1.76. The number of rotatable bonds is 5. The molecule has 3 heteroatoms. The van der Waals surface area contributed by atoms with Crippen molar-refractivity contribution in [3.63, 3.8) is 0 Å². The molecule has 94 valence electrons. The van der Waals surface area contributed by atoms with Crippen molar-refractivity contribution in [2.24, 2.45) is 0 Å². The summed E-state index contributed by atoms with van der Waals surface area (Å²) in [6.07, 6.45) is 0.0161. The lowest BCUT2D eigenvalue weighted by Crippen LogP contribution is -2.07. The van der Waals surface area contributed by atoms with Gasteiger partial charge in [-0.25, -0.2) is 4.39 Å². The Hall–Kier alpha value is -1.87. The van der Waals surface area contributed by atoms with Crippen molar-refractivity contribution in [1.82, 2.24) is 0 Å². The van der Waals surface area contributed by atoms with Crippen LogP contribution in [0.4, 0.5) is 10.1 Å². The first-order valence-corrected chi connectivity index (χ1v) is 5.98. The summed E-state index contributed by atoms with van der Waals surface area (Å²) >= 11 is 0. The van der Waals surface area contributed by atoms with Crippen molar-refractivity contribution in [3.05, 3.63) is 66.0 Å². The number of hydrogen-bond donors (Lipinski definition) is 2. The molecule has 0 bridgehead atoms. The number of hydrogen-bond acceptors (Lipinski definition) is 2. The van der Waals surface area contributed by atoms with Gasteiger partial charge in [-0.15, -0.1) is 0 Å². The van der Waals surface area contributed by atoms with Gasteiger partial charge in [-0.05, 0) is 36.2 Å². The highest BCUT2D eigenvalue weighted by molar-refractivity contribution is 5.42. The molecule has 2 aromatic rings. The van der Waals surface area contributed by atoms with Gasteiger partial charge in [0.1, 0.15) is 5.82 Å². The quantitative estimate of drug-likeness (QED) is 0.846. The highest BCUT2D eigenvalue weighted by atomic mass is 19.1. The molecule has 18 heavy (non-hydrogen) atoms. The third-order valence-electron chi connectivity index (χ3n) is 2.78. The fraction of sp³-hybridized carbons (Fsp3) is 0.200. The first-order valence-electron chi connectivity index (χ1n) is 5.98. The van der Waals surface area contributed by atoms with Gasteiger partial charge in [0, 0.05) is 12.2 Å². The van der Waals surface area contributed by atoms with E-state index < -0.39 is 6.10 Å². The van der Waals surface area contributed by atoms with Crippen LogP contribution in [0.1, 0.15) is 18.1 Å². The second-order valence-corrected chi connectivity index (χ2v) is 4.15. The Kier molecular flexibility index (Phi) is 4.31. The SMILES string of the molecule is OC(CCNc1ccccc1)c1ccc(F)cc1. The first kappa shape index (κ1) is 12.6. The summed E-state index contributed by atoms with van der Waals surface area (Å²) in [5.41, 5.74) is 1.77. The van der Waals surface area contributed by atoms with Crippen LogP contribution in [0.5, 0.6) is 0 Å². The molecule has 0 saturated heterocycles. The summed E-state index contributed by atoms with van der Waals surface area (Å²) < 4.78 is 12.7. The maximum atomic E-state index is 12.7. The zero-order valence-corrected chi connectivity index (χ0v) is 10.0. The van der Waals surface area contributed by atoms with Gasteiger partial charge in [0.25, 0.3) is 0 Å². The van der Waals surface area contributed by atoms with Crippen molar-refractivity contribution in [3.8, 4) is 0 Å². The topological polar surface area (TPSA) is 32.3 Å². The smallest absolute Gasteiger partial charge is 0.123 e. The van der Waals surface area contributed by atoms with Crippen LogP contribution in [0, 0.1) is 5.82 Å². The van der Waals surface area contributed by atoms with E-state index in [9.17, 15) is 9.50 Å². The Labute approximate surface area is 106 Å². The number of para-hydroxylation sites is 1. The normalized spacial score (nSPS) is 12.1. The van der Waals surface area contributed by atoms with E-state index in [-0.39, 0.29) is 5.82 Å². The molecule has 1 unspecified atom stereocenters. The van der Waals surface area contributed by atoms with E-state index in [0.29, 0.717) is 13.0 Å². The van der Waals surface area contributed by atoms with E-state index in [1.165, 1.54) is 12.1 Å². The number of aliphatic hydroxyl groups is 1. The average Bonchev–Trinajstić information content (AvgIpc) is 2.40. The van der Waals surface area contributed by atoms with E-state index in [4.69, 9.17) is 0 Å². The summed E-state index contributed by atoms with van der Waals surface area (Å²) in [6, 6.07) is 15.8. The molecule has 2 rings (SSSR count). The van der Waals surface area contributed by atoms with Crippen molar-refractivity contribution >= 4 is 5.69 Å². The largest absolute Gasteiger partial charge is 0.388 e. The van der Waals surface area contributed by atoms with Gasteiger partial charge >= 0.3 is 0 Å². The minimum atomic E-state index is -0.568. The predicted octanol–water partition coefficient (Wildman–Crippen LogP) is 3.36. The van der Waals surface area contributed by atoms with Gasteiger partial charge in [0.2, 0.25) is 0 Å². The van der Waals surface area contributed by atoms with Gasteiger partial charge in [-0.2, -0.15) is 0 Å². The first-order chi connectivity index (χ1) is 8.75. The molecule has 0 heterocycles. The molecule has 2 nitrogen and oxygen atoms in total. The van der Waals surface area contributed by atoms with Gasteiger partial charge in [-0.1, -0.05) is 30.3 Å². The van der Waals surface area contributed by atoms with Crippen LogP contribution in [0.15, 0.2) is 54.6 Å². The van der Waals surface area contributed by atoms with Crippen molar-refractivity contribution in [2.45, 2.75) is 12.5 Å². The zero-order valence-electron chi connectivity index (χ0n) is 10.0. The van der Waals surface area contributed by atoms with Crippen molar-refractivity contribution < 1.29 is 9.50 Å². The van der Waals surface area contributed by atoms with Gasteiger partial charge in [-0.3, -0.25) is 0 Å². The molecule has 0 amide bonds. The minimum Gasteiger partial charge on any atom is -0.388 e. The number of halogens is 1. The molecule has 0 aliphatic carbocycles. The summed E-state index contributed by atoms with van der Waals surface area (Å²) in [5.74, 6) is -0.284. The van der Waals surface area contributed by atoms with E-state index in [1.807, 2.05) is 30.3 Å². The molecule has 1 atom stereocenters. The summed E-state index contributed by atoms with van der Waals surface area (Å²) in [5, 5.41) is 13.1. The van der Waals surface area contributed by atoms with E-state index >= 15 is 0 Å². The van der Waals surface area contributed by atoms with Crippen LogP contribution in [0.2, 0.25) is 0 Å². The molecule has 2 N–H and O–H groups in total. The molecular formula is C15H16FNO. The van der Waals surface area contributed by atoms with Crippen LogP contribution in [-0.2, 0) is 0 Å². The van der Waals surface area contributed by atoms with Gasteiger partial charge in [0.15, 0.2) is 0 Å².